The Morgan fingerprint density at radius 3 is 2.50 bits per heavy atom. The molecule has 0 aromatic carbocycles. The van der Waals surface area contributed by atoms with E-state index in [1.807, 2.05) is 13.8 Å². The highest BCUT2D eigenvalue weighted by atomic mass is 16.6. The highest BCUT2D eigenvalue weighted by Gasteiger charge is 2.34. The number of nitrogens with two attached hydrogens (primary N) is 1. The van der Waals surface area contributed by atoms with Crippen LogP contribution in [0.3, 0.4) is 0 Å². The second-order valence-electron chi connectivity index (χ2n) is 4.77. The molecule has 1 amide bonds. The summed E-state index contributed by atoms with van der Waals surface area (Å²) < 4.78 is 4.99. The van der Waals surface area contributed by atoms with Gasteiger partial charge in [-0.2, -0.15) is 0 Å². The summed E-state index contributed by atoms with van der Waals surface area (Å²) in [4.78, 5) is 10.6. The van der Waals surface area contributed by atoms with Crippen LogP contribution in [-0.4, -0.2) is 23.4 Å². The molecule has 1 saturated carbocycles. The Labute approximate surface area is 84.4 Å². The Hall–Kier alpha value is -0.770. The predicted octanol–water partition coefficient (Wildman–Crippen LogP) is 1.27. The molecule has 0 bridgehead atoms. The van der Waals surface area contributed by atoms with Crippen molar-refractivity contribution in [3.05, 3.63) is 0 Å². The van der Waals surface area contributed by atoms with Crippen LogP contribution in [0.15, 0.2) is 0 Å². The Kier molecular flexibility index (Phi) is 3.37. The van der Waals surface area contributed by atoms with Crippen LogP contribution in [-0.2, 0) is 4.74 Å². The lowest BCUT2D eigenvalue weighted by Crippen LogP contribution is -2.37. The van der Waals surface area contributed by atoms with Gasteiger partial charge in [0.15, 0.2) is 0 Å². The smallest absolute Gasteiger partial charge is 0.405 e. The van der Waals surface area contributed by atoms with Crippen molar-refractivity contribution in [1.29, 1.82) is 0 Å². The van der Waals surface area contributed by atoms with Gasteiger partial charge in [0.2, 0.25) is 0 Å². The molecule has 0 aliphatic heterocycles. The van der Waals surface area contributed by atoms with Gasteiger partial charge in [0, 0.05) is 6.61 Å². The number of aliphatic hydroxyl groups excluding tert-OH is 1. The van der Waals surface area contributed by atoms with E-state index in [1.165, 1.54) is 0 Å². The van der Waals surface area contributed by atoms with Crippen molar-refractivity contribution >= 4 is 6.09 Å². The van der Waals surface area contributed by atoms with Gasteiger partial charge in [-0.3, -0.25) is 0 Å². The summed E-state index contributed by atoms with van der Waals surface area (Å²) >= 11 is 0. The van der Waals surface area contributed by atoms with Gasteiger partial charge in [0.05, 0.1) is 0 Å². The molecular formula is C10H19NO3. The molecule has 0 aromatic rings. The topological polar surface area (TPSA) is 72.6 Å². The third-order valence-electron chi connectivity index (χ3n) is 2.75. The average Bonchev–Trinajstić information content (AvgIpc) is 1.93. The maximum absolute atomic E-state index is 10.6. The van der Waals surface area contributed by atoms with Crippen molar-refractivity contribution in [2.24, 2.45) is 17.6 Å². The molecule has 82 valence electrons. The van der Waals surface area contributed by atoms with Gasteiger partial charge < -0.3 is 15.6 Å². The lowest BCUT2D eigenvalue weighted by molar-refractivity contribution is -0.00229. The van der Waals surface area contributed by atoms with E-state index in [-0.39, 0.29) is 6.61 Å². The van der Waals surface area contributed by atoms with Gasteiger partial charge in [-0.15, -0.1) is 0 Å². The van der Waals surface area contributed by atoms with Gasteiger partial charge in [-0.1, -0.05) is 0 Å². The molecule has 1 aliphatic carbocycles. The quantitative estimate of drug-likeness (QED) is 0.719. The molecule has 1 fully saturated rings. The summed E-state index contributed by atoms with van der Waals surface area (Å²) in [5, 5.41) is 8.84. The molecule has 0 heterocycles. The number of ether oxygens (including phenoxy) is 1. The molecule has 4 heteroatoms. The summed E-state index contributed by atoms with van der Waals surface area (Å²) in [5.41, 5.74) is 4.49. The summed E-state index contributed by atoms with van der Waals surface area (Å²) in [6.45, 7) is 4.00. The normalized spacial score (nSPS) is 26.8. The van der Waals surface area contributed by atoms with Crippen LogP contribution in [0.4, 0.5) is 4.79 Å². The van der Waals surface area contributed by atoms with Crippen LogP contribution in [0.2, 0.25) is 0 Å². The number of hydrogen-bond donors (Lipinski definition) is 2. The third kappa shape index (κ3) is 3.18. The molecule has 14 heavy (non-hydrogen) atoms. The average molecular weight is 201 g/mol. The van der Waals surface area contributed by atoms with Crippen molar-refractivity contribution in [2.45, 2.75) is 38.7 Å². The van der Waals surface area contributed by atoms with Crippen LogP contribution in [0.5, 0.6) is 0 Å². The van der Waals surface area contributed by atoms with E-state index in [1.54, 1.807) is 0 Å². The predicted molar refractivity (Wildman–Crippen MR) is 52.7 cm³/mol. The molecular weight excluding hydrogens is 182 g/mol. The zero-order valence-corrected chi connectivity index (χ0v) is 8.82. The molecule has 1 rings (SSSR count). The lowest BCUT2D eigenvalue weighted by atomic mass is 9.71. The van der Waals surface area contributed by atoms with E-state index in [0.717, 1.165) is 19.3 Å². The molecule has 4 nitrogen and oxygen atoms in total. The number of hydrogen-bond acceptors (Lipinski definition) is 3. The number of carbonyl (C=O) groups excluding carboxylic acids is 1. The number of amides is 1. The van der Waals surface area contributed by atoms with Crippen LogP contribution in [0.25, 0.3) is 0 Å². The first kappa shape index (κ1) is 11.3. The molecule has 3 N–H and O–H groups in total. The van der Waals surface area contributed by atoms with Crippen molar-refractivity contribution in [2.75, 3.05) is 6.61 Å². The fourth-order valence-electron chi connectivity index (χ4n) is 2.20. The fourth-order valence-corrected chi connectivity index (χ4v) is 2.20. The van der Waals surface area contributed by atoms with Crippen molar-refractivity contribution in [1.82, 2.24) is 0 Å². The zero-order valence-electron chi connectivity index (χ0n) is 8.82. The highest BCUT2D eigenvalue weighted by Crippen LogP contribution is 2.39. The number of carbonyl (C=O) groups is 1. The molecule has 0 spiro atoms. The number of primary amides is 1. The maximum atomic E-state index is 10.6. The molecule has 0 radical (unpaired) electrons. The molecule has 0 aromatic heterocycles. The van der Waals surface area contributed by atoms with Gasteiger partial charge in [-0.25, -0.2) is 4.79 Å². The minimum Gasteiger partial charge on any atom is -0.444 e. The van der Waals surface area contributed by atoms with Gasteiger partial charge in [0.1, 0.15) is 5.60 Å². The minimum absolute atomic E-state index is 0.271. The SMILES string of the molecule is CC(C)(CC1CC(CO)C1)OC(N)=O. The fraction of sp³-hybridized carbons (Fsp3) is 0.900. The maximum Gasteiger partial charge on any atom is 0.405 e. The van der Waals surface area contributed by atoms with Crippen molar-refractivity contribution in [3.63, 3.8) is 0 Å². The van der Waals surface area contributed by atoms with E-state index in [2.05, 4.69) is 0 Å². The minimum atomic E-state index is -0.715. The van der Waals surface area contributed by atoms with Crippen molar-refractivity contribution in [3.8, 4) is 0 Å². The lowest BCUT2D eigenvalue weighted by Gasteiger charge is -2.38. The van der Waals surface area contributed by atoms with Gasteiger partial charge >= 0.3 is 6.09 Å². The standard InChI is InChI=1S/C10H19NO3/c1-10(2,14-9(11)13)5-7-3-8(4-7)6-12/h7-8,12H,3-6H2,1-2H3,(H2,11,13). The number of rotatable bonds is 4. The zero-order chi connectivity index (χ0) is 10.8. The first-order valence-corrected chi connectivity index (χ1v) is 5.02. The van der Waals surface area contributed by atoms with Gasteiger partial charge in [0.25, 0.3) is 0 Å². The summed E-state index contributed by atoms with van der Waals surface area (Å²) in [7, 11) is 0. The molecule has 0 saturated heterocycles. The van der Waals surface area contributed by atoms with Crippen LogP contribution in [0.1, 0.15) is 33.1 Å². The van der Waals surface area contributed by atoms with Gasteiger partial charge in [-0.05, 0) is 44.9 Å². The molecule has 0 atom stereocenters. The monoisotopic (exact) mass is 201 g/mol. The Bertz CT molecular complexity index is 209. The third-order valence-corrected chi connectivity index (χ3v) is 2.75. The molecule has 0 unspecified atom stereocenters. The van der Waals surface area contributed by atoms with Crippen LogP contribution in [0, 0.1) is 11.8 Å². The Morgan fingerprint density at radius 2 is 2.07 bits per heavy atom. The first-order chi connectivity index (χ1) is 6.43. The number of aliphatic hydroxyl groups is 1. The summed E-state index contributed by atoms with van der Waals surface area (Å²) in [6.07, 6.45) is 2.17. The highest BCUT2D eigenvalue weighted by molar-refractivity contribution is 5.65. The summed E-state index contributed by atoms with van der Waals surface area (Å²) in [6, 6.07) is 0. The second kappa shape index (κ2) is 4.17. The van der Waals surface area contributed by atoms with E-state index in [9.17, 15) is 4.79 Å². The Morgan fingerprint density at radius 1 is 1.50 bits per heavy atom. The Balaban J connectivity index is 2.26. The summed E-state index contributed by atoms with van der Waals surface area (Å²) in [5.74, 6) is 1.01. The molecule has 1 aliphatic rings. The van der Waals surface area contributed by atoms with E-state index in [0.29, 0.717) is 11.8 Å². The van der Waals surface area contributed by atoms with E-state index in [4.69, 9.17) is 15.6 Å². The van der Waals surface area contributed by atoms with E-state index >= 15 is 0 Å². The second-order valence-corrected chi connectivity index (χ2v) is 4.77. The van der Waals surface area contributed by atoms with E-state index < -0.39 is 11.7 Å². The van der Waals surface area contributed by atoms with Crippen LogP contribution < -0.4 is 5.73 Å². The first-order valence-electron chi connectivity index (χ1n) is 5.02. The van der Waals surface area contributed by atoms with Crippen molar-refractivity contribution < 1.29 is 14.6 Å². The van der Waals surface area contributed by atoms with Crippen LogP contribution >= 0.6 is 0 Å². The largest absolute Gasteiger partial charge is 0.444 e.